The molecule has 8 heteroatoms. The van der Waals surface area contributed by atoms with E-state index in [1.54, 1.807) is 18.2 Å². The summed E-state index contributed by atoms with van der Waals surface area (Å²) in [6.45, 7) is 0. The normalized spacial score (nSPS) is 12.9. The van der Waals surface area contributed by atoms with Gasteiger partial charge in [0.25, 0.3) is 0 Å². The molecule has 0 aromatic heterocycles. The molecule has 1 atom stereocenters. The molecule has 0 radical (unpaired) electrons. The average molecular weight is 383 g/mol. The zero-order valence-corrected chi connectivity index (χ0v) is 16.0. The smallest absolute Gasteiger partial charge is 0.321 e. The Morgan fingerprint density at radius 3 is 2.44 bits per heavy atom. The van der Waals surface area contributed by atoms with Crippen molar-refractivity contribution < 1.29 is 18.3 Å². The SMILES string of the molecule is CSCC[C@H](NS(=O)(=O)c1cccc2c(N(C)C)cccc12)C(=O)O. The number of hydrogen-bond acceptors (Lipinski definition) is 5. The van der Waals surface area contributed by atoms with Crippen molar-refractivity contribution in [2.24, 2.45) is 0 Å². The Kier molecular flexibility index (Phi) is 6.31. The molecule has 0 fully saturated rings. The Labute approximate surface area is 152 Å². The maximum atomic E-state index is 12.8. The first-order valence-electron chi connectivity index (χ1n) is 7.71. The molecule has 25 heavy (non-hydrogen) atoms. The van der Waals surface area contributed by atoms with Crippen LogP contribution in [0.3, 0.4) is 0 Å². The van der Waals surface area contributed by atoms with Crippen molar-refractivity contribution in [2.75, 3.05) is 31.0 Å². The van der Waals surface area contributed by atoms with Crippen LogP contribution in [-0.4, -0.2) is 51.6 Å². The summed E-state index contributed by atoms with van der Waals surface area (Å²) in [5.74, 6) is -0.619. The van der Waals surface area contributed by atoms with Gasteiger partial charge >= 0.3 is 5.97 Å². The van der Waals surface area contributed by atoms with E-state index in [2.05, 4.69) is 4.72 Å². The molecule has 0 unspecified atom stereocenters. The topological polar surface area (TPSA) is 86.7 Å². The second-order valence-corrected chi connectivity index (χ2v) is 8.48. The third-order valence-corrected chi connectivity index (χ3v) is 6.01. The van der Waals surface area contributed by atoms with E-state index < -0.39 is 22.0 Å². The number of thioether (sulfide) groups is 1. The van der Waals surface area contributed by atoms with Gasteiger partial charge in [-0.15, -0.1) is 0 Å². The highest BCUT2D eigenvalue weighted by molar-refractivity contribution is 7.98. The molecule has 0 amide bonds. The number of nitrogens with zero attached hydrogens (tertiary/aromatic N) is 1. The van der Waals surface area contributed by atoms with E-state index in [0.29, 0.717) is 11.1 Å². The highest BCUT2D eigenvalue weighted by atomic mass is 32.2. The number of benzene rings is 2. The third-order valence-electron chi connectivity index (χ3n) is 3.84. The Balaban J connectivity index is 2.49. The lowest BCUT2D eigenvalue weighted by molar-refractivity contribution is -0.139. The van der Waals surface area contributed by atoms with Crippen molar-refractivity contribution >= 4 is 44.2 Å². The van der Waals surface area contributed by atoms with Gasteiger partial charge in [-0.05, 0) is 30.6 Å². The van der Waals surface area contributed by atoms with Gasteiger partial charge in [-0.25, -0.2) is 8.42 Å². The number of carbonyl (C=O) groups is 1. The van der Waals surface area contributed by atoms with E-state index in [1.165, 1.54) is 17.8 Å². The van der Waals surface area contributed by atoms with Gasteiger partial charge in [0.2, 0.25) is 10.0 Å². The fourth-order valence-electron chi connectivity index (χ4n) is 2.61. The van der Waals surface area contributed by atoms with Crippen LogP contribution in [0.1, 0.15) is 6.42 Å². The first-order chi connectivity index (χ1) is 11.8. The number of carboxylic acid groups (broad SMARTS) is 1. The molecule has 0 aliphatic carbocycles. The predicted molar refractivity (Wildman–Crippen MR) is 103 cm³/mol. The second kappa shape index (κ2) is 8.07. The van der Waals surface area contributed by atoms with Crippen molar-refractivity contribution in [1.82, 2.24) is 4.72 Å². The van der Waals surface area contributed by atoms with E-state index in [4.69, 9.17) is 0 Å². The molecule has 0 bridgehead atoms. The first kappa shape index (κ1) is 19.6. The van der Waals surface area contributed by atoms with Crippen molar-refractivity contribution in [3.8, 4) is 0 Å². The highest BCUT2D eigenvalue weighted by Gasteiger charge is 2.26. The van der Waals surface area contributed by atoms with Crippen LogP contribution in [-0.2, 0) is 14.8 Å². The summed E-state index contributed by atoms with van der Waals surface area (Å²) in [6, 6.07) is 9.30. The van der Waals surface area contributed by atoms with Crippen LogP contribution in [0.5, 0.6) is 0 Å². The van der Waals surface area contributed by atoms with Crippen molar-refractivity contribution in [1.29, 1.82) is 0 Å². The van der Waals surface area contributed by atoms with Crippen molar-refractivity contribution in [3.05, 3.63) is 36.4 Å². The molecule has 136 valence electrons. The maximum Gasteiger partial charge on any atom is 0.321 e. The standard InChI is InChI=1S/C17H22N2O4S2/c1-19(2)15-8-4-7-13-12(15)6-5-9-16(13)25(22,23)18-14(17(20)21)10-11-24-3/h4-9,14,18H,10-11H2,1-3H3,(H,20,21)/t14-/m0/s1. The van der Waals surface area contributed by atoms with Crippen LogP contribution in [0, 0.1) is 0 Å². The summed E-state index contributed by atoms with van der Waals surface area (Å²) < 4.78 is 28.0. The first-order valence-corrected chi connectivity index (χ1v) is 10.6. The number of anilines is 1. The molecule has 2 rings (SSSR count). The number of rotatable bonds is 8. The van der Waals surface area contributed by atoms with Crippen LogP contribution in [0.4, 0.5) is 5.69 Å². The number of fused-ring (bicyclic) bond motifs is 1. The molecule has 0 aliphatic rings. The van der Waals surface area contributed by atoms with E-state index in [-0.39, 0.29) is 11.3 Å². The number of carboxylic acids is 1. The van der Waals surface area contributed by atoms with Crippen molar-refractivity contribution in [2.45, 2.75) is 17.4 Å². The summed E-state index contributed by atoms with van der Waals surface area (Å²) in [7, 11) is -0.191. The summed E-state index contributed by atoms with van der Waals surface area (Å²) >= 11 is 1.47. The Morgan fingerprint density at radius 2 is 1.84 bits per heavy atom. The summed E-state index contributed by atoms with van der Waals surface area (Å²) in [4.78, 5) is 13.4. The molecule has 2 aromatic carbocycles. The molecule has 6 nitrogen and oxygen atoms in total. The van der Waals surface area contributed by atoms with Crippen LogP contribution in [0.25, 0.3) is 10.8 Å². The Hall–Kier alpha value is -1.77. The lowest BCUT2D eigenvalue weighted by Gasteiger charge is -2.18. The zero-order valence-electron chi connectivity index (χ0n) is 14.4. The number of sulfonamides is 1. The van der Waals surface area contributed by atoms with E-state index >= 15 is 0 Å². The van der Waals surface area contributed by atoms with Gasteiger partial charge in [-0.3, -0.25) is 4.79 Å². The summed E-state index contributed by atoms with van der Waals surface area (Å²) in [5, 5.41) is 10.7. The third kappa shape index (κ3) is 4.45. The minimum absolute atomic E-state index is 0.0871. The zero-order chi connectivity index (χ0) is 18.6. The van der Waals surface area contributed by atoms with Gasteiger partial charge in [0.05, 0.1) is 4.90 Å². The number of nitrogens with one attached hydrogen (secondary N) is 1. The molecule has 2 N–H and O–H groups in total. The monoisotopic (exact) mass is 382 g/mol. The molecule has 2 aromatic rings. The van der Waals surface area contributed by atoms with Crippen molar-refractivity contribution in [3.63, 3.8) is 0 Å². The van der Waals surface area contributed by atoms with Gasteiger partial charge in [-0.1, -0.05) is 24.3 Å². The molecule has 0 heterocycles. The van der Waals surface area contributed by atoms with Crippen LogP contribution in [0.15, 0.2) is 41.3 Å². The van der Waals surface area contributed by atoms with Crippen LogP contribution < -0.4 is 9.62 Å². The minimum Gasteiger partial charge on any atom is -0.480 e. The quantitative estimate of drug-likeness (QED) is 0.729. The molecule has 0 saturated carbocycles. The lowest BCUT2D eigenvalue weighted by atomic mass is 10.1. The van der Waals surface area contributed by atoms with Crippen LogP contribution in [0.2, 0.25) is 0 Å². The number of hydrogen-bond donors (Lipinski definition) is 2. The molecular formula is C17H22N2O4S2. The van der Waals surface area contributed by atoms with E-state index in [1.807, 2.05) is 37.4 Å². The number of aliphatic carboxylic acids is 1. The minimum atomic E-state index is -3.96. The Bertz CT molecular complexity index is 866. The van der Waals surface area contributed by atoms with Gasteiger partial charge in [0, 0.05) is 30.6 Å². The van der Waals surface area contributed by atoms with Gasteiger partial charge in [0.1, 0.15) is 6.04 Å². The highest BCUT2D eigenvalue weighted by Crippen LogP contribution is 2.30. The van der Waals surface area contributed by atoms with Gasteiger partial charge < -0.3 is 10.0 Å². The molecule has 0 saturated heterocycles. The summed E-state index contributed by atoms with van der Waals surface area (Å²) in [6.07, 6.45) is 2.07. The van der Waals surface area contributed by atoms with E-state index in [0.717, 1.165) is 11.1 Å². The van der Waals surface area contributed by atoms with Crippen LogP contribution >= 0.6 is 11.8 Å². The summed E-state index contributed by atoms with van der Waals surface area (Å²) in [5.41, 5.74) is 0.895. The second-order valence-electron chi connectivity index (χ2n) is 5.82. The fourth-order valence-corrected chi connectivity index (χ4v) is 4.52. The lowest BCUT2D eigenvalue weighted by Crippen LogP contribution is -2.41. The molecule has 0 aliphatic heterocycles. The average Bonchev–Trinajstić information content (AvgIpc) is 2.57. The maximum absolute atomic E-state index is 12.8. The largest absolute Gasteiger partial charge is 0.480 e. The molecule has 0 spiro atoms. The van der Waals surface area contributed by atoms with E-state index in [9.17, 15) is 18.3 Å². The fraction of sp³-hybridized carbons (Fsp3) is 0.353. The van der Waals surface area contributed by atoms with Gasteiger partial charge in [-0.2, -0.15) is 16.5 Å². The van der Waals surface area contributed by atoms with Gasteiger partial charge in [0.15, 0.2) is 0 Å². The Morgan fingerprint density at radius 1 is 1.20 bits per heavy atom. The molecular weight excluding hydrogens is 360 g/mol. The predicted octanol–water partition coefficient (Wildman–Crippen LogP) is 2.39.